The van der Waals surface area contributed by atoms with Crippen LogP contribution >= 0.6 is 0 Å². The van der Waals surface area contributed by atoms with Crippen LogP contribution in [0.3, 0.4) is 0 Å². The van der Waals surface area contributed by atoms with Gasteiger partial charge >= 0.3 is 0 Å². The minimum absolute atomic E-state index is 0.0256. The fourth-order valence-electron chi connectivity index (χ4n) is 6.19. The number of nitrogens with one attached hydrogen (secondary N) is 1. The van der Waals surface area contributed by atoms with E-state index >= 15 is 0 Å². The Morgan fingerprint density at radius 3 is 2.66 bits per heavy atom. The predicted octanol–water partition coefficient (Wildman–Crippen LogP) is 4.08. The van der Waals surface area contributed by atoms with E-state index in [0.717, 1.165) is 24.8 Å². The highest BCUT2D eigenvalue weighted by Crippen LogP contribution is 2.55. The molecule has 2 fully saturated rings. The highest BCUT2D eigenvalue weighted by molar-refractivity contribution is 7.90. The lowest BCUT2D eigenvalue weighted by Crippen LogP contribution is -2.50. The van der Waals surface area contributed by atoms with E-state index in [1.165, 1.54) is 18.2 Å². The highest BCUT2D eigenvalue weighted by atomic mass is 32.2. The van der Waals surface area contributed by atoms with Crippen molar-refractivity contribution < 1.29 is 17.9 Å². The molecule has 0 radical (unpaired) electrons. The second-order valence-corrected chi connectivity index (χ2v) is 10.9. The fourth-order valence-corrected chi connectivity index (χ4v) is 7.33. The standard InChI is InChI=1S/C24H24FN3O3S/c25-17-9-5-14(6-10-17)12-28-13-18(23(29)21-15-7-8-16(11-15)22(21)28)24-26-19-3-1-2-4-20(19)32(30,31)27-24/h1-6,9-10,15-16,21-22,29H,7-8,11-13H2,(H,26,27)/t15-,16+,21?,22?/m0/s1. The second kappa shape index (κ2) is 7.15. The topological polar surface area (TPSA) is 82.0 Å². The van der Waals surface area contributed by atoms with E-state index in [1.54, 1.807) is 30.3 Å². The van der Waals surface area contributed by atoms with Crippen LogP contribution in [0.25, 0.3) is 0 Å². The highest BCUT2D eigenvalue weighted by Gasteiger charge is 2.54. The molecule has 166 valence electrons. The fraction of sp³-hybridized carbons (Fsp3) is 0.375. The van der Waals surface area contributed by atoms with E-state index < -0.39 is 10.0 Å². The van der Waals surface area contributed by atoms with Crippen LogP contribution < -0.4 is 5.32 Å². The molecule has 6 nitrogen and oxygen atoms in total. The van der Waals surface area contributed by atoms with E-state index in [1.807, 2.05) is 0 Å². The average Bonchev–Trinajstić information content (AvgIpc) is 3.39. The van der Waals surface area contributed by atoms with Crippen molar-refractivity contribution in [1.82, 2.24) is 4.90 Å². The lowest BCUT2D eigenvalue weighted by molar-refractivity contribution is 0.0721. The largest absolute Gasteiger partial charge is 0.511 e. The van der Waals surface area contributed by atoms with Crippen molar-refractivity contribution in [2.24, 2.45) is 22.2 Å². The minimum atomic E-state index is -3.86. The maximum atomic E-state index is 13.4. The van der Waals surface area contributed by atoms with Crippen LogP contribution in [0.15, 0.2) is 69.2 Å². The molecule has 4 atom stereocenters. The van der Waals surface area contributed by atoms with Crippen molar-refractivity contribution in [3.05, 3.63) is 71.2 Å². The number of amidine groups is 1. The number of halogens is 1. The summed E-state index contributed by atoms with van der Waals surface area (Å²) >= 11 is 0. The van der Waals surface area contributed by atoms with E-state index in [4.69, 9.17) is 0 Å². The molecule has 8 heteroatoms. The van der Waals surface area contributed by atoms with E-state index in [9.17, 15) is 17.9 Å². The van der Waals surface area contributed by atoms with Crippen molar-refractivity contribution in [2.45, 2.75) is 36.7 Å². The van der Waals surface area contributed by atoms with Gasteiger partial charge in [-0.05, 0) is 60.9 Å². The Labute approximate surface area is 186 Å². The van der Waals surface area contributed by atoms with Gasteiger partial charge in [0.15, 0.2) is 5.84 Å². The third kappa shape index (κ3) is 3.08. The molecular formula is C24H24FN3O3S. The Balaban J connectivity index is 1.40. The first-order valence-electron chi connectivity index (χ1n) is 11.0. The number of benzene rings is 2. The third-order valence-corrected chi connectivity index (χ3v) is 8.83. The summed E-state index contributed by atoms with van der Waals surface area (Å²) in [5, 5.41) is 14.5. The van der Waals surface area contributed by atoms with E-state index in [-0.39, 0.29) is 34.3 Å². The van der Waals surface area contributed by atoms with Gasteiger partial charge in [0.2, 0.25) is 0 Å². The average molecular weight is 454 g/mol. The molecule has 0 aromatic heterocycles. The number of aliphatic hydroxyl groups excluding tert-OH is 1. The number of rotatable bonds is 3. The molecule has 2 aromatic carbocycles. The smallest absolute Gasteiger partial charge is 0.286 e. The Morgan fingerprint density at radius 1 is 1.09 bits per heavy atom. The van der Waals surface area contributed by atoms with Crippen LogP contribution in [0.1, 0.15) is 24.8 Å². The number of anilines is 1. The molecule has 2 heterocycles. The quantitative estimate of drug-likeness (QED) is 0.732. The lowest BCUT2D eigenvalue weighted by Gasteiger charge is -2.44. The van der Waals surface area contributed by atoms with Crippen LogP contribution in [0.2, 0.25) is 0 Å². The predicted molar refractivity (Wildman–Crippen MR) is 119 cm³/mol. The molecule has 6 rings (SSSR count). The summed E-state index contributed by atoms with van der Waals surface area (Å²) in [6.07, 6.45) is 3.30. The summed E-state index contributed by atoms with van der Waals surface area (Å²) in [6, 6.07) is 13.4. The zero-order valence-electron chi connectivity index (χ0n) is 17.4. The first kappa shape index (κ1) is 19.9. The number of para-hydroxylation sites is 1. The first-order valence-corrected chi connectivity index (χ1v) is 12.5. The summed E-state index contributed by atoms with van der Waals surface area (Å²) in [5.74, 6) is 1.09. The molecular weight excluding hydrogens is 429 g/mol. The summed E-state index contributed by atoms with van der Waals surface area (Å²) in [5.41, 5.74) is 2.00. The van der Waals surface area contributed by atoms with Crippen LogP contribution in [0.5, 0.6) is 0 Å². The van der Waals surface area contributed by atoms with Crippen molar-refractivity contribution in [3.63, 3.8) is 0 Å². The molecule has 4 aliphatic rings. The number of nitrogens with zero attached hydrogens (tertiary/aromatic N) is 2. The number of fused-ring (bicyclic) bond motifs is 6. The van der Waals surface area contributed by atoms with Crippen LogP contribution in [-0.4, -0.2) is 36.8 Å². The Bertz CT molecular complexity index is 1260. The van der Waals surface area contributed by atoms with Gasteiger partial charge in [0.25, 0.3) is 10.0 Å². The molecule has 32 heavy (non-hydrogen) atoms. The third-order valence-electron chi connectivity index (χ3n) is 7.49. The second-order valence-electron chi connectivity index (χ2n) is 9.28. The molecule has 0 amide bonds. The molecule has 2 unspecified atom stereocenters. The molecule has 0 saturated heterocycles. The molecule has 2 bridgehead atoms. The van der Waals surface area contributed by atoms with Gasteiger partial charge in [-0.15, -0.1) is 4.40 Å². The maximum absolute atomic E-state index is 13.4. The molecule has 2 saturated carbocycles. The molecule has 2 aliphatic heterocycles. The van der Waals surface area contributed by atoms with Gasteiger partial charge in [0, 0.05) is 30.6 Å². The van der Waals surface area contributed by atoms with Crippen LogP contribution in [0, 0.1) is 23.6 Å². The van der Waals surface area contributed by atoms with Crippen LogP contribution in [0.4, 0.5) is 10.1 Å². The Hall–Kier alpha value is -2.71. The zero-order valence-corrected chi connectivity index (χ0v) is 18.2. The summed E-state index contributed by atoms with van der Waals surface area (Å²) in [6.45, 7) is 0.995. The molecule has 2 aliphatic carbocycles. The minimum Gasteiger partial charge on any atom is -0.511 e. The van der Waals surface area contributed by atoms with Gasteiger partial charge in [-0.2, -0.15) is 8.42 Å². The Morgan fingerprint density at radius 2 is 1.84 bits per heavy atom. The SMILES string of the molecule is O=S1(=O)N=C(C2=C(O)C3C([C@@H]4CC[C@H]3C4)N(Cc3ccc(F)cc3)C2)Nc2ccccc21. The van der Waals surface area contributed by atoms with Crippen molar-refractivity contribution in [2.75, 3.05) is 11.9 Å². The monoisotopic (exact) mass is 453 g/mol. The van der Waals surface area contributed by atoms with Gasteiger partial charge in [-0.3, -0.25) is 4.90 Å². The normalized spacial score (nSPS) is 30.5. The van der Waals surface area contributed by atoms with Gasteiger partial charge in [-0.25, -0.2) is 4.39 Å². The van der Waals surface area contributed by atoms with Crippen molar-refractivity contribution >= 4 is 21.5 Å². The lowest BCUT2D eigenvalue weighted by atomic mass is 9.78. The number of aliphatic hydroxyl groups is 1. The van der Waals surface area contributed by atoms with Crippen molar-refractivity contribution in [3.8, 4) is 0 Å². The number of hydrogen-bond donors (Lipinski definition) is 2. The summed E-state index contributed by atoms with van der Waals surface area (Å²) in [7, 11) is -3.86. The zero-order chi connectivity index (χ0) is 22.0. The first-order chi connectivity index (χ1) is 15.4. The van der Waals surface area contributed by atoms with Gasteiger partial charge < -0.3 is 10.4 Å². The van der Waals surface area contributed by atoms with Gasteiger partial charge in [0.1, 0.15) is 16.5 Å². The Kier molecular flexibility index (Phi) is 4.45. The molecule has 0 spiro atoms. The molecule has 2 N–H and O–H groups in total. The summed E-state index contributed by atoms with van der Waals surface area (Å²) in [4.78, 5) is 2.45. The van der Waals surface area contributed by atoms with E-state index in [0.29, 0.717) is 36.2 Å². The van der Waals surface area contributed by atoms with Gasteiger partial charge in [-0.1, -0.05) is 24.3 Å². The van der Waals surface area contributed by atoms with E-state index in [2.05, 4.69) is 14.6 Å². The number of sulfonamides is 1. The molecule has 2 aromatic rings. The van der Waals surface area contributed by atoms with Crippen molar-refractivity contribution in [1.29, 1.82) is 0 Å². The summed E-state index contributed by atoms with van der Waals surface area (Å²) < 4.78 is 43.1. The number of hydrogen-bond acceptors (Lipinski definition) is 5. The van der Waals surface area contributed by atoms with Gasteiger partial charge in [0.05, 0.1) is 5.69 Å². The van der Waals surface area contributed by atoms with Crippen LogP contribution in [-0.2, 0) is 16.6 Å². The maximum Gasteiger partial charge on any atom is 0.286 e.